The topological polar surface area (TPSA) is 89.3 Å². The summed E-state index contributed by atoms with van der Waals surface area (Å²) in [6.07, 6.45) is 0. The van der Waals surface area contributed by atoms with Gasteiger partial charge in [0, 0.05) is 22.5 Å². The number of nitrogens with zero attached hydrogens (tertiary/aromatic N) is 2. The second kappa shape index (κ2) is 9.13. The summed E-state index contributed by atoms with van der Waals surface area (Å²) in [7, 11) is 1.58. The molecule has 1 atom stereocenters. The van der Waals surface area contributed by atoms with Gasteiger partial charge in [0.2, 0.25) is 11.0 Å². The quantitative estimate of drug-likeness (QED) is 0.266. The third-order valence-electron chi connectivity index (χ3n) is 5.04. The van der Waals surface area contributed by atoms with Gasteiger partial charge in [-0.05, 0) is 31.2 Å². The number of carbonyl (C=O) groups is 1. The number of methoxy groups -OCH3 is 1. The van der Waals surface area contributed by atoms with Gasteiger partial charge < -0.3 is 19.8 Å². The van der Waals surface area contributed by atoms with E-state index in [4.69, 9.17) is 9.15 Å². The summed E-state index contributed by atoms with van der Waals surface area (Å²) in [5.74, 6) is 0.409. The van der Waals surface area contributed by atoms with Crippen LogP contribution in [0, 0.1) is 0 Å². The van der Waals surface area contributed by atoms with Crippen LogP contribution in [-0.2, 0) is 4.79 Å². The first-order valence-corrected chi connectivity index (χ1v) is 11.9. The highest BCUT2D eigenvalue weighted by atomic mass is 32.2. The van der Waals surface area contributed by atoms with Crippen LogP contribution in [-0.4, -0.2) is 28.5 Å². The normalized spacial score (nSPS) is 12.1. The summed E-state index contributed by atoms with van der Waals surface area (Å²) >= 11 is 2.75. The van der Waals surface area contributed by atoms with Crippen molar-refractivity contribution in [3.05, 3.63) is 66.7 Å². The predicted molar refractivity (Wildman–Crippen MR) is 134 cm³/mol. The summed E-state index contributed by atoms with van der Waals surface area (Å²) in [6, 6.07) is 21.3. The standard InChI is InChI=1S/C24H20N4O3S2/c1-14(32-24-28-27-23(33-24)25-15-8-4-3-5-9-15)22(29)26-18-13-20-17(12-21(18)30-2)16-10-6-7-11-19(16)31-20/h3-14H,1-2H3,(H,25,27)(H,26,29). The number of fused-ring (bicyclic) bond motifs is 3. The fraction of sp³-hybridized carbons (Fsp3) is 0.125. The molecule has 7 nitrogen and oxygen atoms in total. The van der Waals surface area contributed by atoms with Crippen LogP contribution in [0.15, 0.2) is 75.5 Å². The van der Waals surface area contributed by atoms with E-state index >= 15 is 0 Å². The molecule has 33 heavy (non-hydrogen) atoms. The molecule has 0 bridgehead atoms. The predicted octanol–water partition coefficient (Wildman–Crippen LogP) is 6.31. The number of thioether (sulfide) groups is 1. The Hall–Kier alpha value is -3.56. The van der Waals surface area contributed by atoms with Gasteiger partial charge in [-0.2, -0.15) is 0 Å². The second-order valence-electron chi connectivity index (χ2n) is 7.26. The minimum absolute atomic E-state index is 0.165. The van der Waals surface area contributed by atoms with E-state index in [-0.39, 0.29) is 5.91 Å². The van der Waals surface area contributed by atoms with Crippen molar-refractivity contribution in [3.8, 4) is 5.75 Å². The molecule has 3 aromatic carbocycles. The molecule has 1 amide bonds. The Morgan fingerprint density at radius 3 is 2.64 bits per heavy atom. The molecule has 2 N–H and O–H groups in total. The number of hydrogen-bond acceptors (Lipinski definition) is 8. The first kappa shape index (κ1) is 21.3. The lowest BCUT2D eigenvalue weighted by atomic mass is 10.1. The number of benzene rings is 3. The molecule has 0 aliphatic rings. The molecule has 0 saturated heterocycles. The van der Waals surface area contributed by atoms with E-state index in [2.05, 4.69) is 20.8 Å². The van der Waals surface area contributed by atoms with Crippen LogP contribution in [0.2, 0.25) is 0 Å². The molecule has 5 rings (SSSR count). The maximum Gasteiger partial charge on any atom is 0.237 e. The van der Waals surface area contributed by atoms with Crippen molar-refractivity contribution < 1.29 is 13.9 Å². The molecular weight excluding hydrogens is 456 g/mol. The Balaban J connectivity index is 1.30. The van der Waals surface area contributed by atoms with E-state index < -0.39 is 5.25 Å². The third kappa shape index (κ3) is 4.50. The van der Waals surface area contributed by atoms with Gasteiger partial charge in [-0.1, -0.05) is 59.5 Å². The lowest BCUT2D eigenvalue weighted by Crippen LogP contribution is -2.22. The number of aromatic nitrogens is 2. The number of carbonyl (C=O) groups excluding carboxylic acids is 1. The van der Waals surface area contributed by atoms with E-state index in [1.807, 2.05) is 67.6 Å². The highest BCUT2D eigenvalue weighted by Gasteiger charge is 2.20. The highest BCUT2D eigenvalue weighted by molar-refractivity contribution is 8.02. The molecule has 2 heterocycles. The maximum atomic E-state index is 12.9. The number of nitrogens with one attached hydrogen (secondary N) is 2. The van der Waals surface area contributed by atoms with E-state index in [1.165, 1.54) is 23.1 Å². The average molecular weight is 477 g/mol. The Morgan fingerprint density at radius 2 is 1.82 bits per heavy atom. The highest BCUT2D eigenvalue weighted by Crippen LogP contribution is 2.37. The molecule has 0 spiro atoms. The molecular formula is C24H20N4O3S2. The summed E-state index contributed by atoms with van der Waals surface area (Å²) in [4.78, 5) is 12.9. The van der Waals surface area contributed by atoms with Gasteiger partial charge in [0.05, 0.1) is 18.0 Å². The van der Waals surface area contributed by atoms with Crippen LogP contribution in [0.5, 0.6) is 5.75 Å². The van der Waals surface area contributed by atoms with Gasteiger partial charge >= 0.3 is 0 Å². The number of furan rings is 1. The second-order valence-corrected chi connectivity index (χ2v) is 9.83. The summed E-state index contributed by atoms with van der Waals surface area (Å²) in [5.41, 5.74) is 2.97. The number of hydrogen-bond donors (Lipinski definition) is 2. The molecule has 0 aliphatic heterocycles. The summed E-state index contributed by atoms with van der Waals surface area (Å²) in [6.45, 7) is 1.83. The van der Waals surface area contributed by atoms with Gasteiger partial charge in [-0.25, -0.2) is 0 Å². The van der Waals surface area contributed by atoms with E-state index in [1.54, 1.807) is 13.2 Å². The zero-order valence-corrected chi connectivity index (χ0v) is 19.5. The Morgan fingerprint density at radius 1 is 1.03 bits per heavy atom. The number of ether oxygens (including phenoxy) is 1. The maximum absolute atomic E-state index is 12.9. The van der Waals surface area contributed by atoms with E-state index in [0.29, 0.717) is 26.5 Å². The molecule has 1 unspecified atom stereocenters. The van der Waals surface area contributed by atoms with Gasteiger partial charge in [0.15, 0.2) is 4.34 Å². The van der Waals surface area contributed by atoms with Crippen molar-refractivity contribution in [2.75, 3.05) is 17.7 Å². The SMILES string of the molecule is COc1cc2c(cc1NC(=O)C(C)Sc1nnc(Nc3ccccc3)s1)oc1ccccc12. The Labute approximate surface area is 198 Å². The fourth-order valence-corrected chi connectivity index (χ4v) is 5.33. The minimum atomic E-state index is -0.390. The van der Waals surface area contributed by atoms with Crippen molar-refractivity contribution in [1.82, 2.24) is 10.2 Å². The number of amides is 1. The fourth-order valence-electron chi connectivity index (χ4n) is 3.41. The summed E-state index contributed by atoms with van der Waals surface area (Å²) in [5, 5.41) is 16.8. The van der Waals surface area contributed by atoms with Crippen LogP contribution in [0.4, 0.5) is 16.5 Å². The number of rotatable bonds is 7. The lowest BCUT2D eigenvalue weighted by Gasteiger charge is -2.13. The molecule has 5 aromatic rings. The van der Waals surface area contributed by atoms with Gasteiger partial charge in [0.25, 0.3) is 0 Å². The molecule has 0 aliphatic carbocycles. The monoisotopic (exact) mass is 476 g/mol. The molecule has 0 saturated carbocycles. The van der Waals surface area contributed by atoms with Crippen LogP contribution >= 0.6 is 23.1 Å². The molecule has 2 aromatic heterocycles. The molecule has 9 heteroatoms. The van der Waals surface area contributed by atoms with Crippen LogP contribution in [0.3, 0.4) is 0 Å². The zero-order valence-electron chi connectivity index (χ0n) is 17.9. The van der Waals surface area contributed by atoms with Crippen LogP contribution in [0.1, 0.15) is 6.92 Å². The third-order valence-corrected chi connectivity index (χ3v) is 7.06. The van der Waals surface area contributed by atoms with Gasteiger partial charge in [-0.3, -0.25) is 4.79 Å². The Kier molecular flexibility index (Phi) is 5.89. The first-order chi connectivity index (χ1) is 16.1. The number of para-hydroxylation sites is 2. The van der Waals surface area contributed by atoms with Gasteiger partial charge in [0.1, 0.15) is 16.9 Å². The van der Waals surface area contributed by atoms with Crippen molar-refractivity contribution in [1.29, 1.82) is 0 Å². The average Bonchev–Trinajstić information content (AvgIpc) is 3.42. The van der Waals surface area contributed by atoms with Gasteiger partial charge in [-0.15, -0.1) is 10.2 Å². The van der Waals surface area contributed by atoms with Crippen LogP contribution < -0.4 is 15.4 Å². The van der Waals surface area contributed by atoms with Crippen LogP contribution in [0.25, 0.3) is 21.9 Å². The van der Waals surface area contributed by atoms with Crippen molar-refractivity contribution >= 4 is 67.5 Å². The van der Waals surface area contributed by atoms with E-state index in [0.717, 1.165) is 22.0 Å². The van der Waals surface area contributed by atoms with Crippen molar-refractivity contribution in [3.63, 3.8) is 0 Å². The molecule has 0 fully saturated rings. The minimum Gasteiger partial charge on any atom is -0.495 e. The molecule has 0 radical (unpaired) electrons. The molecule has 166 valence electrons. The van der Waals surface area contributed by atoms with E-state index in [9.17, 15) is 4.79 Å². The Bertz CT molecular complexity index is 1430. The largest absolute Gasteiger partial charge is 0.495 e. The smallest absolute Gasteiger partial charge is 0.237 e. The van der Waals surface area contributed by atoms with Crippen molar-refractivity contribution in [2.24, 2.45) is 0 Å². The lowest BCUT2D eigenvalue weighted by molar-refractivity contribution is -0.115. The number of anilines is 3. The zero-order chi connectivity index (χ0) is 22.8. The first-order valence-electron chi connectivity index (χ1n) is 10.2. The summed E-state index contributed by atoms with van der Waals surface area (Å²) < 4.78 is 12.2. The van der Waals surface area contributed by atoms with Crippen molar-refractivity contribution in [2.45, 2.75) is 16.5 Å².